The molecule has 2 rings (SSSR count). The van der Waals surface area contributed by atoms with Gasteiger partial charge in [-0.3, -0.25) is 9.69 Å². The third kappa shape index (κ3) is 4.79. The van der Waals surface area contributed by atoms with Crippen LogP contribution in [0, 0.1) is 5.82 Å². The van der Waals surface area contributed by atoms with Crippen molar-refractivity contribution < 1.29 is 14.3 Å². The van der Waals surface area contributed by atoms with Gasteiger partial charge in [0, 0.05) is 24.7 Å². The number of carbonyl (C=O) groups excluding carboxylic acids is 1. The van der Waals surface area contributed by atoms with Gasteiger partial charge >= 0.3 is 0 Å². The SMILES string of the molecule is O=C(CN(CCO)C1CCCC1)NCc1ccccc1F. The highest BCUT2D eigenvalue weighted by molar-refractivity contribution is 5.78. The lowest BCUT2D eigenvalue weighted by atomic mass is 10.2. The van der Waals surface area contributed by atoms with Crippen molar-refractivity contribution in [3.63, 3.8) is 0 Å². The summed E-state index contributed by atoms with van der Waals surface area (Å²) in [5, 5.41) is 11.9. The largest absolute Gasteiger partial charge is 0.395 e. The monoisotopic (exact) mass is 294 g/mol. The Morgan fingerprint density at radius 3 is 2.71 bits per heavy atom. The van der Waals surface area contributed by atoms with Gasteiger partial charge in [0.05, 0.1) is 13.2 Å². The quantitative estimate of drug-likeness (QED) is 0.804. The fourth-order valence-corrected chi connectivity index (χ4v) is 2.86. The first-order valence-electron chi connectivity index (χ1n) is 7.55. The van der Waals surface area contributed by atoms with Gasteiger partial charge in [-0.1, -0.05) is 31.0 Å². The van der Waals surface area contributed by atoms with Crippen LogP contribution in [-0.2, 0) is 11.3 Å². The van der Waals surface area contributed by atoms with E-state index in [1.54, 1.807) is 18.2 Å². The van der Waals surface area contributed by atoms with Gasteiger partial charge in [0.1, 0.15) is 5.82 Å². The first-order valence-corrected chi connectivity index (χ1v) is 7.55. The summed E-state index contributed by atoms with van der Waals surface area (Å²) in [6.45, 7) is 1.03. The summed E-state index contributed by atoms with van der Waals surface area (Å²) in [6.07, 6.45) is 4.54. The highest BCUT2D eigenvalue weighted by Gasteiger charge is 2.23. The Morgan fingerprint density at radius 1 is 1.33 bits per heavy atom. The molecule has 1 amide bonds. The number of aliphatic hydroxyl groups is 1. The van der Waals surface area contributed by atoms with Crippen molar-refractivity contribution in [1.29, 1.82) is 0 Å². The molecule has 0 radical (unpaired) electrons. The van der Waals surface area contributed by atoms with Gasteiger partial charge in [-0.2, -0.15) is 0 Å². The van der Waals surface area contributed by atoms with E-state index < -0.39 is 0 Å². The fourth-order valence-electron chi connectivity index (χ4n) is 2.86. The lowest BCUT2D eigenvalue weighted by Gasteiger charge is -2.27. The lowest BCUT2D eigenvalue weighted by Crippen LogP contribution is -2.43. The van der Waals surface area contributed by atoms with Crippen LogP contribution < -0.4 is 5.32 Å². The zero-order chi connectivity index (χ0) is 15.1. The molecule has 0 unspecified atom stereocenters. The van der Waals surface area contributed by atoms with E-state index in [1.807, 2.05) is 4.90 Å². The number of aliphatic hydroxyl groups excluding tert-OH is 1. The predicted molar refractivity (Wildman–Crippen MR) is 79.2 cm³/mol. The van der Waals surface area contributed by atoms with Crippen molar-refractivity contribution in [2.45, 2.75) is 38.3 Å². The van der Waals surface area contributed by atoms with Gasteiger partial charge in [0.15, 0.2) is 0 Å². The van der Waals surface area contributed by atoms with Crippen LogP contribution in [-0.4, -0.2) is 41.7 Å². The zero-order valence-electron chi connectivity index (χ0n) is 12.2. The van der Waals surface area contributed by atoms with E-state index in [-0.39, 0.29) is 31.4 Å². The van der Waals surface area contributed by atoms with Gasteiger partial charge < -0.3 is 10.4 Å². The maximum Gasteiger partial charge on any atom is 0.234 e. The Balaban J connectivity index is 1.83. The minimum atomic E-state index is -0.305. The minimum absolute atomic E-state index is 0.0527. The molecule has 0 spiro atoms. The summed E-state index contributed by atoms with van der Waals surface area (Å²) in [5.41, 5.74) is 0.487. The maximum absolute atomic E-state index is 13.5. The molecule has 4 nitrogen and oxygen atoms in total. The van der Waals surface area contributed by atoms with Crippen molar-refractivity contribution in [3.8, 4) is 0 Å². The molecule has 1 aliphatic carbocycles. The highest BCUT2D eigenvalue weighted by Crippen LogP contribution is 2.22. The molecular formula is C16H23FN2O2. The van der Waals surface area contributed by atoms with Crippen molar-refractivity contribution in [1.82, 2.24) is 10.2 Å². The maximum atomic E-state index is 13.5. The minimum Gasteiger partial charge on any atom is -0.395 e. The molecular weight excluding hydrogens is 271 g/mol. The molecule has 0 aromatic heterocycles. The molecule has 0 heterocycles. The summed E-state index contributed by atoms with van der Waals surface area (Å²) in [4.78, 5) is 14.0. The summed E-state index contributed by atoms with van der Waals surface area (Å²) in [6, 6.07) is 6.82. The average molecular weight is 294 g/mol. The molecule has 21 heavy (non-hydrogen) atoms. The Labute approximate surface area is 125 Å². The first kappa shape index (κ1) is 15.9. The van der Waals surface area contributed by atoms with Crippen LogP contribution in [0.15, 0.2) is 24.3 Å². The van der Waals surface area contributed by atoms with Crippen LogP contribution in [0.25, 0.3) is 0 Å². The summed E-state index contributed by atoms with van der Waals surface area (Å²) >= 11 is 0. The normalized spacial score (nSPS) is 15.6. The molecule has 1 saturated carbocycles. The van der Waals surface area contributed by atoms with Crippen LogP contribution in [0.2, 0.25) is 0 Å². The number of nitrogens with one attached hydrogen (secondary N) is 1. The van der Waals surface area contributed by atoms with Crippen LogP contribution in [0.4, 0.5) is 4.39 Å². The van der Waals surface area contributed by atoms with E-state index >= 15 is 0 Å². The smallest absolute Gasteiger partial charge is 0.234 e. The van der Waals surface area contributed by atoms with Gasteiger partial charge in [-0.05, 0) is 18.9 Å². The molecule has 0 aliphatic heterocycles. The van der Waals surface area contributed by atoms with Crippen molar-refractivity contribution in [2.75, 3.05) is 19.7 Å². The summed E-state index contributed by atoms with van der Waals surface area (Å²) in [5.74, 6) is -0.431. The van der Waals surface area contributed by atoms with Crippen LogP contribution >= 0.6 is 0 Å². The third-order valence-corrected chi connectivity index (χ3v) is 4.01. The van der Waals surface area contributed by atoms with Crippen molar-refractivity contribution >= 4 is 5.91 Å². The van der Waals surface area contributed by atoms with Gasteiger partial charge in [0.2, 0.25) is 5.91 Å². The molecule has 1 aromatic rings. The Bertz CT molecular complexity index is 461. The summed E-state index contributed by atoms with van der Waals surface area (Å²) in [7, 11) is 0. The predicted octanol–water partition coefficient (Wildman–Crippen LogP) is 1.68. The molecule has 5 heteroatoms. The average Bonchev–Trinajstić information content (AvgIpc) is 3.00. The van der Waals surface area contributed by atoms with E-state index in [0.29, 0.717) is 18.2 Å². The molecule has 1 fully saturated rings. The number of amides is 1. The topological polar surface area (TPSA) is 52.6 Å². The Kier molecular flexibility index (Phi) is 6.14. The number of rotatable bonds is 7. The number of benzene rings is 1. The lowest BCUT2D eigenvalue weighted by molar-refractivity contribution is -0.123. The van der Waals surface area contributed by atoms with E-state index in [4.69, 9.17) is 5.11 Å². The highest BCUT2D eigenvalue weighted by atomic mass is 19.1. The third-order valence-electron chi connectivity index (χ3n) is 4.01. The number of nitrogens with zero attached hydrogens (tertiary/aromatic N) is 1. The van der Waals surface area contributed by atoms with Gasteiger partial charge in [-0.15, -0.1) is 0 Å². The van der Waals surface area contributed by atoms with Crippen molar-refractivity contribution in [3.05, 3.63) is 35.6 Å². The zero-order valence-corrected chi connectivity index (χ0v) is 12.2. The van der Waals surface area contributed by atoms with Gasteiger partial charge in [-0.25, -0.2) is 4.39 Å². The fraction of sp³-hybridized carbons (Fsp3) is 0.562. The Morgan fingerprint density at radius 2 is 2.05 bits per heavy atom. The number of carbonyl (C=O) groups is 1. The first-order chi connectivity index (χ1) is 10.2. The summed E-state index contributed by atoms with van der Waals surface area (Å²) < 4.78 is 13.5. The number of hydrogen-bond donors (Lipinski definition) is 2. The Hall–Kier alpha value is -1.46. The standard InChI is InChI=1S/C16H23FN2O2/c17-15-8-4-1-5-13(15)11-18-16(21)12-19(9-10-20)14-6-2-3-7-14/h1,4-5,8,14,20H,2-3,6-7,9-12H2,(H,18,21). The van der Waals surface area contributed by atoms with Crippen LogP contribution in [0.1, 0.15) is 31.2 Å². The van der Waals surface area contributed by atoms with Crippen LogP contribution in [0.3, 0.4) is 0 Å². The number of hydrogen-bond acceptors (Lipinski definition) is 3. The number of halogens is 1. The van der Waals surface area contributed by atoms with E-state index in [1.165, 1.54) is 18.9 Å². The second kappa shape index (κ2) is 8.10. The molecule has 1 aliphatic rings. The second-order valence-corrected chi connectivity index (χ2v) is 5.50. The van der Waals surface area contributed by atoms with Crippen molar-refractivity contribution in [2.24, 2.45) is 0 Å². The molecule has 0 saturated heterocycles. The van der Waals surface area contributed by atoms with Gasteiger partial charge in [0.25, 0.3) is 0 Å². The second-order valence-electron chi connectivity index (χ2n) is 5.50. The van der Waals surface area contributed by atoms with Crippen LogP contribution in [0.5, 0.6) is 0 Å². The van der Waals surface area contributed by atoms with E-state index in [9.17, 15) is 9.18 Å². The molecule has 2 N–H and O–H groups in total. The molecule has 116 valence electrons. The molecule has 0 atom stereocenters. The molecule has 0 bridgehead atoms. The van der Waals surface area contributed by atoms with E-state index in [2.05, 4.69) is 5.32 Å². The molecule has 1 aromatic carbocycles. The van der Waals surface area contributed by atoms with E-state index in [0.717, 1.165) is 12.8 Å².